The lowest BCUT2D eigenvalue weighted by Crippen LogP contribution is -2.33. The van der Waals surface area contributed by atoms with E-state index in [1.54, 1.807) is 37.3 Å². The van der Waals surface area contributed by atoms with Gasteiger partial charge < -0.3 is 19.1 Å². The minimum atomic E-state index is -0.558. The Morgan fingerprint density at radius 3 is 2.57 bits per heavy atom. The Labute approximate surface area is 176 Å². The molecule has 6 heteroatoms. The van der Waals surface area contributed by atoms with Crippen LogP contribution in [0.5, 0.6) is 11.5 Å². The van der Waals surface area contributed by atoms with Crippen molar-refractivity contribution in [2.75, 3.05) is 19.1 Å². The number of likely N-dealkylation sites (N-methyl/N-ethyl adjacent to an activating group) is 1. The number of carbonyl (C=O) groups is 2. The van der Waals surface area contributed by atoms with Gasteiger partial charge in [-0.15, -0.1) is 0 Å². The van der Waals surface area contributed by atoms with Crippen molar-refractivity contribution in [2.24, 2.45) is 0 Å². The Morgan fingerprint density at radius 1 is 1.13 bits per heavy atom. The molecule has 1 aliphatic heterocycles. The van der Waals surface area contributed by atoms with Crippen LogP contribution in [-0.2, 0) is 14.3 Å². The molecule has 3 rings (SSSR count). The van der Waals surface area contributed by atoms with Gasteiger partial charge in [-0.05, 0) is 62.8 Å². The van der Waals surface area contributed by atoms with Gasteiger partial charge in [0.15, 0.2) is 11.5 Å². The number of carbonyl (C=O) groups excluding carboxylic acids is 2. The Balaban J connectivity index is 1.91. The van der Waals surface area contributed by atoms with Crippen LogP contribution in [-0.4, -0.2) is 31.6 Å². The quantitative estimate of drug-likeness (QED) is 0.554. The number of anilines is 1. The van der Waals surface area contributed by atoms with Crippen LogP contribution < -0.4 is 14.4 Å². The van der Waals surface area contributed by atoms with E-state index in [-0.39, 0.29) is 11.7 Å². The van der Waals surface area contributed by atoms with Gasteiger partial charge >= 0.3 is 5.97 Å². The van der Waals surface area contributed by atoms with Crippen molar-refractivity contribution in [3.05, 3.63) is 65.4 Å². The second kappa shape index (κ2) is 8.45. The normalized spacial score (nSPS) is 15.2. The van der Waals surface area contributed by atoms with E-state index in [1.165, 1.54) is 6.08 Å². The van der Waals surface area contributed by atoms with Gasteiger partial charge in [0.05, 0.1) is 12.8 Å². The maximum atomic E-state index is 12.7. The molecule has 0 unspecified atom stereocenters. The molecular weight excluding hydrogens is 382 g/mol. The fraction of sp³-hybridized carbons (Fsp3) is 0.250. The molecular formula is C24H25NO5. The van der Waals surface area contributed by atoms with E-state index in [1.807, 2.05) is 57.2 Å². The van der Waals surface area contributed by atoms with Crippen molar-refractivity contribution in [2.45, 2.75) is 26.4 Å². The summed E-state index contributed by atoms with van der Waals surface area (Å²) in [5.74, 6) is 0.677. The highest BCUT2D eigenvalue weighted by Gasteiger charge is 2.27. The largest absolute Gasteiger partial charge is 0.496 e. The van der Waals surface area contributed by atoms with Crippen molar-refractivity contribution in [3.8, 4) is 11.5 Å². The van der Waals surface area contributed by atoms with Crippen LogP contribution in [0.3, 0.4) is 0 Å². The number of methoxy groups -OCH3 is 1. The molecule has 0 spiro atoms. The summed E-state index contributed by atoms with van der Waals surface area (Å²) < 4.78 is 16.5. The molecule has 0 bridgehead atoms. The second-order valence-corrected chi connectivity index (χ2v) is 7.81. The van der Waals surface area contributed by atoms with Gasteiger partial charge in [0, 0.05) is 18.7 Å². The van der Waals surface area contributed by atoms with Gasteiger partial charge in [-0.1, -0.05) is 18.2 Å². The molecule has 30 heavy (non-hydrogen) atoms. The lowest BCUT2D eigenvalue weighted by Gasteiger charge is -2.27. The summed E-state index contributed by atoms with van der Waals surface area (Å²) in [4.78, 5) is 26.2. The summed E-state index contributed by atoms with van der Waals surface area (Å²) in [5, 5.41) is 0. The Bertz CT molecular complexity index is 1030. The number of ether oxygens (including phenoxy) is 3. The summed E-state index contributed by atoms with van der Waals surface area (Å²) in [7, 11) is 3.26. The zero-order valence-electron chi connectivity index (χ0n) is 17.8. The SMILES string of the molecule is COc1ccc(/C=C/C(=O)OC(C)(C)C)cc1/C=C1\Oc2ccccc2N(C)C1=O. The molecule has 0 fully saturated rings. The minimum absolute atomic E-state index is 0.183. The maximum absolute atomic E-state index is 12.7. The number of rotatable bonds is 4. The number of hydrogen-bond acceptors (Lipinski definition) is 5. The third-order valence-corrected chi connectivity index (χ3v) is 4.32. The predicted molar refractivity (Wildman–Crippen MR) is 116 cm³/mol. The number of nitrogens with zero attached hydrogens (tertiary/aromatic N) is 1. The van der Waals surface area contributed by atoms with Crippen LogP contribution in [0, 0.1) is 0 Å². The van der Waals surface area contributed by atoms with E-state index in [0.717, 1.165) is 5.56 Å². The van der Waals surface area contributed by atoms with Gasteiger partial charge in [0.1, 0.15) is 11.4 Å². The molecule has 1 amide bonds. The zero-order chi connectivity index (χ0) is 21.9. The molecule has 0 saturated carbocycles. The number of esters is 1. The van der Waals surface area contributed by atoms with Crippen molar-refractivity contribution in [3.63, 3.8) is 0 Å². The number of benzene rings is 2. The van der Waals surface area contributed by atoms with Crippen LogP contribution in [0.1, 0.15) is 31.9 Å². The van der Waals surface area contributed by atoms with Crippen LogP contribution in [0.15, 0.2) is 54.3 Å². The second-order valence-electron chi connectivity index (χ2n) is 7.81. The van der Waals surface area contributed by atoms with Gasteiger partial charge in [-0.2, -0.15) is 0 Å². The summed E-state index contributed by atoms with van der Waals surface area (Å²) in [6.07, 6.45) is 4.66. The lowest BCUT2D eigenvalue weighted by molar-refractivity contribution is -0.148. The molecule has 0 N–H and O–H groups in total. The van der Waals surface area contributed by atoms with E-state index < -0.39 is 11.6 Å². The van der Waals surface area contributed by atoms with Crippen LogP contribution in [0.2, 0.25) is 0 Å². The molecule has 156 valence electrons. The lowest BCUT2D eigenvalue weighted by atomic mass is 10.1. The van der Waals surface area contributed by atoms with Crippen LogP contribution in [0.4, 0.5) is 5.69 Å². The van der Waals surface area contributed by atoms with E-state index >= 15 is 0 Å². The topological polar surface area (TPSA) is 65.1 Å². The highest BCUT2D eigenvalue weighted by atomic mass is 16.6. The zero-order valence-corrected chi connectivity index (χ0v) is 17.8. The first-order valence-electron chi connectivity index (χ1n) is 9.53. The highest BCUT2D eigenvalue weighted by molar-refractivity contribution is 6.09. The van der Waals surface area contributed by atoms with Crippen molar-refractivity contribution in [1.82, 2.24) is 0 Å². The molecule has 2 aromatic rings. The molecule has 6 nitrogen and oxygen atoms in total. The fourth-order valence-electron chi connectivity index (χ4n) is 2.96. The third-order valence-electron chi connectivity index (χ3n) is 4.32. The molecule has 2 aromatic carbocycles. The minimum Gasteiger partial charge on any atom is -0.496 e. The molecule has 0 saturated heterocycles. The van der Waals surface area contributed by atoms with E-state index in [9.17, 15) is 9.59 Å². The molecule has 0 radical (unpaired) electrons. The first-order valence-corrected chi connectivity index (χ1v) is 9.53. The standard InChI is InChI=1S/C24H25NO5/c1-24(2,3)30-22(26)13-11-16-10-12-19(28-5)17(14-16)15-21-23(27)25(4)18-8-6-7-9-20(18)29-21/h6-15H,1-5H3/b13-11+,21-15-. The first kappa shape index (κ1) is 21.2. The number of hydrogen-bond donors (Lipinski definition) is 0. The average molecular weight is 407 g/mol. The van der Waals surface area contributed by atoms with Crippen molar-refractivity contribution >= 4 is 29.7 Å². The van der Waals surface area contributed by atoms with Gasteiger partial charge in [0.2, 0.25) is 0 Å². The van der Waals surface area contributed by atoms with E-state index in [4.69, 9.17) is 14.2 Å². The first-order chi connectivity index (χ1) is 14.2. The number of fused-ring (bicyclic) bond motifs is 1. The summed E-state index contributed by atoms with van der Waals surface area (Å²) in [5.41, 5.74) is 1.56. The van der Waals surface area contributed by atoms with Gasteiger partial charge in [0.25, 0.3) is 5.91 Å². The molecule has 1 heterocycles. The predicted octanol–water partition coefficient (Wildman–Crippen LogP) is 4.45. The van der Waals surface area contributed by atoms with E-state index in [0.29, 0.717) is 22.7 Å². The summed E-state index contributed by atoms with van der Waals surface area (Å²) in [6, 6.07) is 12.7. The summed E-state index contributed by atoms with van der Waals surface area (Å²) >= 11 is 0. The monoisotopic (exact) mass is 407 g/mol. The molecule has 0 aromatic heterocycles. The maximum Gasteiger partial charge on any atom is 0.331 e. The third kappa shape index (κ3) is 4.89. The smallest absolute Gasteiger partial charge is 0.331 e. The Kier molecular flexibility index (Phi) is 5.96. The van der Waals surface area contributed by atoms with Gasteiger partial charge in [-0.25, -0.2) is 4.79 Å². The Morgan fingerprint density at radius 2 is 1.87 bits per heavy atom. The van der Waals surface area contributed by atoms with Crippen molar-refractivity contribution in [1.29, 1.82) is 0 Å². The fourth-order valence-corrected chi connectivity index (χ4v) is 2.96. The van der Waals surface area contributed by atoms with Gasteiger partial charge in [-0.3, -0.25) is 4.79 Å². The summed E-state index contributed by atoms with van der Waals surface area (Å²) in [6.45, 7) is 5.44. The molecule has 0 aliphatic carbocycles. The van der Waals surface area contributed by atoms with E-state index in [2.05, 4.69) is 0 Å². The number of amides is 1. The van der Waals surface area contributed by atoms with Crippen molar-refractivity contribution < 1.29 is 23.8 Å². The highest BCUT2D eigenvalue weighted by Crippen LogP contribution is 2.35. The molecule has 0 atom stereocenters. The van der Waals surface area contributed by atoms with Crippen LogP contribution in [0.25, 0.3) is 12.2 Å². The molecule has 1 aliphatic rings. The average Bonchev–Trinajstić information content (AvgIpc) is 2.69. The number of para-hydroxylation sites is 2. The Hall–Kier alpha value is -3.54. The van der Waals surface area contributed by atoms with Crippen LogP contribution >= 0.6 is 0 Å².